The topological polar surface area (TPSA) is 43.8 Å². The highest BCUT2D eigenvalue weighted by Gasteiger charge is 2.08. The maximum Gasteiger partial charge on any atom is 0.0819 e. The molecule has 0 unspecified atom stereocenters. The van der Waals surface area contributed by atoms with Crippen LogP contribution in [0.5, 0.6) is 0 Å². The third-order valence-electron chi connectivity index (χ3n) is 2.54. The summed E-state index contributed by atoms with van der Waals surface area (Å²) in [4.78, 5) is 0. The van der Waals surface area contributed by atoms with Crippen molar-refractivity contribution in [3.8, 4) is 5.69 Å². The zero-order valence-corrected chi connectivity index (χ0v) is 11.8. The van der Waals surface area contributed by atoms with E-state index in [4.69, 9.17) is 17.3 Å². The van der Waals surface area contributed by atoms with E-state index >= 15 is 0 Å². The SMILES string of the molecule is Cc1nn(-c2ccc(Br)cc2CCN)cc1Cl. The first-order valence-corrected chi connectivity index (χ1v) is 6.49. The first kappa shape index (κ1) is 12.6. The minimum atomic E-state index is 0.609. The molecule has 0 saturated carbocycles. The lowest BCUT2D eigenvalue weighted by Crippen LogP contribution is -2.07. The number of nitrogens with zero attached hydrogens (tertiary/aromatic N) is 2. The molecule has 0 aliphatic carbocycles. The monoisotopic (exact) mass is 313 g/mol. The fourth-order valence-corrected chi connectivity index (χ4v) is 2.23. The van der Waals surface area contributed by atoms with Crippen molar-refractivity contribution in [2.45, 2.75) is 13.3 Å². The summed E-state index contributed by atoms with van der Waals surface area (Å²) in [6, 6.07) is 6.06. The summed E-state index contributed by atoms with van der Waals surface area (Å²) in [7, 11) is 0. The van der Waals surface area contributed by atoms with Gasteiger partial charge in [-0.1, -0.05) is 27.5 Å². The largest absolute Gasteiger partial charge is 0.330 e. The Morgan fingerprint density at radius 2 is 2.24 bits per heavy atom. The summed E-state index contributed by atoms with van der Waals surface area (Å²) in [5.74, 6) is 0. The summed E-state index contributed by atoms with van der Waals surface area (Å²) in [6.07, 6.45) is 2.63. The van der Waals surface area contributed by atoms with E-state index in [9.17, 15) is 0 Å². The van der Waals surface area contributed by atoms with Crippen molar-refractivity contribution < 1.29 is 0 Å². The molecule has 17 heavy (non-hydrogen) atoms. The Bertz CT molecular complexity index is 517. The van der Waals surface area contributed by atoms with Crippen LogP contribution in [0.2, 0.25) is 5.02 Å². The molecule has 0 aliphatic rings. The highest BCUT2D eigenvalue weighted by atomic mass is 79.9. The molecule has 1 aromatic heterocycles. The second-order valence-electron chi connectivity index (χ2n) is 3.82. The zero-order chi connectivity index (χ0) is 12.4. The van der Waals surface area contributed by atoms with Gasteiger partial charge >= 0.3 is 0 Å². The Hall–Kier alpha value is -0.840. The van der Waals surface area contributed by atoms with Crippen molar-refractivity contribution in [1.82, 2.24) is 9.78 Å². The Labute approximate surface area is 114 Å². The van der Waals surface area contributed by atoms with E-state index in [0.717, 1.165) is 27.8 Å². The van der Waals surface area contributed by atoms with Gasteiger partial charge in [-0.3, -0.25) is 0 Å². The fourth-order valence-electron chi connectivity index (χ4n) is 1.70. The quantitative estimate of drug-likeness (QED) is 0.946. The molecule has 0 radical (unpaired) electrons. The van der Waals surface area contributed by atoms with Gasteiger partial charge < -0.3 is 5.73 Å². The van der Waals surface area contributed by atoms with Crippen LogP contribution in [0.4, 0.5) is 0 Å². The molecule has 2 N–H and O–H groups in total. The summed E-state index contributed by atoms with van der Waals surface area (Å²) >= 11 is 9.48. The molecule has 0 bridgehead atoms. The molecule has 3 nitrogen and oxygen atoms in total. The summed E-state index contributed by atoms with van der Waals surface area (Å²) in [5.41, 5.74) is 8.62. The number of nitrogens with two attached hydrogens (primary N) is 1. The van der Waals surface area contributed by atoms with Gasteiger partial charge in [0.1, 0.15) is 0 Å². The second kappa shape index (κ2) is 5.21. The van der Waals surface area contributed by atoms with E-state index in [1.807, 2.05) is 25.3 Å². The van der Waals surface area contributed by atoms with Crippen molar-refractivity contribution in [1.29, 1.82) is 0 Å². The van der Waals surface area contributed by atoms with Gasteiger partial charge in [0, 0.05) is 10.7 Å². The minimum absolute atomic E-state index is 0.609. The van der Waals surface area contributed by atoms with Gasteiger partial charge in [0.2, 0.25) is 0 Å². The lowest BCUT2D eigenvalue weighted by atomic mass is 10.1. The molecule has 0 saturated heterocycles. The van der Waals surface area contributed by atoms with Crippen LogP contribution in [0.3, 0.4) is 0 Å². The first-order chi connectivity index (χ1) is 8.11. The van der Waals surface area contributed by atoms with Crippen LogP contribution < -0.4 is 5.73 Å². The number of halogens is 2. The van der Waals surface area contributed by atoms with Crippen LogP contribution in [0.15, 0.2) is 28.9 Å². The van der Waals surface area contributed by atoms with Gasteiger partial charge in [-0.25, -0.2) is 4.68 Å². The third kappa shape index (κ3) is 2.70. The molecule has 1 aromatic carbocycles. The van der Waals surface area contributed by atoms with Gasteiger partial charge in [0.05, 0.1) is 16.4 Å². The molecule has 0 spiro atoms. The van der Waals surface area contributed by atoms with Crippen molar-refractivity contribution >= 4 is 27.5 Å². The van der Waals surface area contributed by atoms with Crippen LogP contribution >= 0.6 is 27.5 Å². The van der Waals surface area contributed by atoms with Crippen LogP contribution in [0, 0.1) is 6.92 Å². The first-order valence-electron chi connectivity index (χ1n) is 5.32. The average Bonchev–Trinajstić information content (AvgIpc) is 2.60. The molecule has 0 fully saturated rings. The molecular formula is C12H13BrClN3. The van der Waals surface area contributed by atoms with E-state index in [-0.39, 0.29) is 0 Å². The summed E-state index contributed by atoms with van der Waals surface area (Å²) in [5, 5.41) is 5.05. The molecule has 0 amide bonds. The Morgan fingerprint density at radius 1 is 1.47 bits per heavy atom. The van der Waals surface area contributed by atoms with Crippen LogP contribution in [0.25, 0.3) is 5.69 Å². The molecule has 0 atom stereocenters. The predicted molar refractivity (Wildman–Crippen MR) is 73.8 cm³/mol. The Morgan fingerprint density at radius 3 is 2.82 bits per heavy atom. The van der Waals surface area contributed by atoms with E-state index in [1.165, 1.54) is 0 Å². The van der Waals surface area contributed by atoms with Crippen molar-refractivity contribution in [3.05, 3.63) is 45.1 Å². The van der Waals surface area contributed by atoms with Crippen LogP contribution in [-0.2, 0) is 6.42 Å². The van der Waals surface area contributed by atoms with E-state index in [0.29, 0.717) is 11.6 Å². The molecule has 1 heterocycles. The smallest absolute Gasteiger partial charge is 0.0819 e. The number of hydrogen-bond donors (Lipinski definition) is 1. The predicted octanol–water partition coefficient (Wildman–Crippen LogP) is 3.10. The molecule has 0 aliphatic heterocycles. The van der Waals surface area contributed by atoms with Gasteiger partial charge in [0.25, 0.3) is 0 Å². The highest BCUT2D eigenvalue weighted by Crippen LogP contribution is 2.22. The molecule has 2 aromatic rings. The number of rotatable bonds is 3. The third-order valence-corrected chi connectivity index (χ3v) is 3.41. The van der Waals surface area contributed by atoms with Gasteiger partial charge in [-0.2, -0.15) is 5.10 Å². The van der Waals surface area contributed by atoms with Gasteiger partial charge in [-0.15, -0.1) is 0 Å². The summed E-state index contributed by atoms with van der Waals surface area (Å²) < 4.78 is 2.84. The Kier molecular flexibility index (Phi) is 3.86. The van der Waals surface area contributed by atoms with E-state index in [2.05, 4.69) is 27.1 Å². The Balaban J connectivity index is 2.50. The summed E-state index contributed by atoms with van der Waals surface area (Å²) in [6.45, 7) is 2.50. The second-order valence-corrected chi connectivity index (χ2v) is 5.14. The lowest BCUT2D eigenvalue weighted by molar-refractivity contribution is 0.837. The number of benzene rings is 1. The zero-order valence-electron chi connectivity index (χ0n) is 9.45. The van der Waals surface area contributed by atoms with Crippen molar-refractivity contribution in [2.75, 3.05) is 6.54 Å². The van der Waals surface area contributed by atoms with Crippen molar-refractivity contribution in [3.63, 3.8) is 0 Å². The normalized spacial score (nSPS) is 10.8. The van der Waals surface area contributed by atoms with Gasteiger partial charge in [0.15, 0.2) is 0 Å². The van der Waals surface area contributed by atoms with Gasteiger partial charge in [-0.05, 0) is 43.7 Å². The lowest BCUT2D eigenvalue weighted by Gasteiger charge is -2.09. The maximum atomic E-state index is 6.02. The van der Waals surface area contributed by atoms with Crippen LogP contribution in [-0.4, -0.2) is 16.3 Å². The molecule has 90 valence electrons. The fraction of sp³-hybridized carbons (Fsp3) is 0.250. The molecule has 5 heteroatoms. The molecule has 2 rings (SSSR count). The van der Waals surface area contributed by atoms with E-state index in [1.54, 1.807) is 4.68 Å². The maximum absolute atomic E-state index is 6.02. The number of aryl methyl sites for hydroxylation is 1. The highest BCUT2D eigenvalue weighted by molar-refractivity contribution is 9.10. The standard InChI is InChI=1S/C12H13BrClN3/c1-8-11(14)7-17(16-8)12-3-2-10(13)6-9(12)4-5-15/h2-3,6-7H,4-5,15H2,1H3. The van der Waals surface area contributed by atoms with Crippen LogP contribution in [0.1, 0.15) is 11.3 Å². The number of hydrogen-bond acceptors (Lipinski definition) is 2. The molecular weight excluding hydrogens is 302 g/mol. The minimum Gasteiger partial charge on any atom is -0.330 e. The van der Waals surface area contributed by atoms with E-state index < -0.39 is 0 Å². The van der Waals surface area contributed by atoms with Crippen molar-refractivity contribution in [2.24, 2.45) is 5.73 Å². The number of aromatic nitrogens is 2. The average molecular weight is 315 g/mol.